The molecule has 1 aromatic rings. The third kappa shape index (κ3) is 3.53. The van der Waals surface area contributed by atoms with E-state index in [2.05, 4.69) is 46.1 Å². The quantitative estimate of drug-likeness (QED) is 0.743. The average Bonchev–Trinajstić information content (AvgIpc) is 2.24. The number of nitrogens with zero attached hydrogens (tertiary/aromatic N) is 2. The first-order valence-electron chi connectivity index (χ1n) is 5.43. The van der Waals surface area contributed by atoms with Gasteiger partial charge in [0.1, 0.15) is 5.71 Å². The lowest BCUT2D eigenvalue weighted by Gasteiger charge is -2.19. The number of hydrogen-bond donors (Lipinski definition) is 0. The molecule has 1 aliphatic rings. The van der Waals surface area contributed by atoms with Crippen LogP contribution >= 0.6 is 27.9 Å². The van der Waals surface area contributed by atoms with E-state index >= 15 is 0 Å². The maximum atomic E-state index is 5.52. The third-order valence-corrected chi connectivity index (χ3v) is 3.43. The minimum atomic E-state index is 0.111. The second-order valence-corrected chi connectivity index (χ2v) is 7.40. The Kier molecular flexibility index (Phi) is 3.90. The van der Waals surface area contributed by atoms with Crippen molar-refractivity contribution in [3.8, 4) is 0 Å². The minimum Gasteiger partial charge on any atom is -0.370 e. The van der Waals surface area contributed by atoms with Gasteiger partial charge >= 0.3 is 0 Å². The van der Waals surface area contributed by atoms with Crippen LogP contribution in [0.5, 0.6) is 0 Å². The van der Waals surface area contributed by atoms with E-state index in [9.17, 15) is 0 Å². The summed E-state index contributed by atoms with van der Waals surface area (Å²) >= 11 is 4.98. The Morgan fingerprint density at radius 2 is 2.18 bits per heavy atom. The van der Waals surface area contributed by atoms with Crippen molar-refractivity contribution in [3.63, 3.8) is 0 Å². The zero-order valence-electron chi connectivity index (χ0n) is 10.2. The van der Waals surface area contributed by atoms with Gasteiger partial charge in [0.25, 0.3) is 0 Å². The van der Waals surface area contributed by atoms with Gasteiger partial charge < -0.3 is 4.74 Å². The summed E-state index contributed by atoms with van der Waals surface area (Å²) in [4.78, 5) is 4.43. The molecule has 1 aliphatic heterocycles. The molecule has 0 spiro atoms. The Bertz CT molecular complexity index is 454. The fourth-order valence-electron chi connectivity index (χ4n) is 1.44. The highest BCUT2D eigenvalue weighted by atomic mass is 79.9. The maximum Gasteiger partial charge on any atom is 0.100 e. The topological polar surface area (TPSA) is 34.5 Å². The highest BCUT2D eigenvalue weighted by Crippen LogP contribution is 2.27. The first-order chi connectivity index (χ1) is 7.96. The molecule has 0 unspecified atom stereocenters. The number of pyridine rings is 1. The van der Waals surface area contributed by atoms with E-state index in [4.69, 9.17) is 4.74 Å². The molecule has 17 heavy (non-hydrogen) atoms. The molecule has 0 bridgehead atoms. The van der Waals surface area contributed by atoms with Gasteiger partial charge in [0.05, 0.1) is 18.9 Å². The largest absolute Gasteiger partial charge is 0.370 e. The Morgan fingerprint density at radius 3 is 2.88 bits per heavy atom. The zero-order chi connectivity index (χ0) is 12.5. The Morgan fingerprint density at radius 1 is 1.41 bits per heavy atom. The van der Waals surface area contributed by atoms with Crippen LogP contribution in [0.1, 0.15) is 32.0 Å². The van der Waals surface area contributed by atoms with Crippen LogP contribution < -0.4 is 0 Å². The monoisotopic (exact) mass is 314 g/mol. The molecular formula is C12H15BrN2OS. The van der Waals surface area contributed by atoms with E-state index in [0.717, 1.165) is 21.4 Å². The Balaban J connectivity index is 2.29. The van der Waals surface area contributed by atoms with Crippen molar-refractivity contribution in [2.75, 3.05) is 6.61 Å². The third-order valence-electron chi connectivity index (χ3n) is 2.13. The van der Waals surface area contributed by atoms with Gasteiger partial charge in [-0.25, -0.2) is 4.40 Å². The summed E-state index contributed by atoms with van der Waals surface area (Å²) in [5.41, 5.74) is 2.99. The van der Waals surface area contributed by atoms with Gasteiger partial charge in [-0.15, -0.1) is 0 Å². The summed E-state index contributed by atoms with van der Waals surface area (Å²) in [6, 6.07) is 2.04. The zero-order valence-corrected chi connectivity index (χ0v) is 12.6. The fraction of sp³-hybridized carbons (Fsp3) is 0.500. The van der Waals surface area contributed by atoms with Gasteiger partial charge in [0.2, 0.25) is 0 Å². The van der Waals surface area contributed by atoms with E-state index < -0.39 is 0 Å². The van der Waals surface area contributed by atoms with Gasteiger partial charge in [-0.2, -0.15) is 0 Å². The maximum absolute atomic E-state index is 5.52. The summed E-state index contributed by atoms with van der Waals surface area (Å²) in [5.74, 6) is 0. The molecule has 0 aliphatic carbocycles. The van der Waals surface area contributed by atoms with Crippen molar-refractivity contribution in [1.29, 1.82) is 0 Å². The lowest BCUT2D eigenvalue weighted by atomic mass is 10.1. The minimum absolute atomic E-state index is 0.111. The lowest BCUT2D eigenvalue weighted by Crippen LogP contribution is -2.21. The number of fused-ring (bicyclic) bond motifs is 1. The number of rotatable bonds is 1. The van der Waals surface area contributed by atoms with E-state index in [1.165, 1.54) is 0 Å². The standard InChI is InChI=1S/C12H15BrN2OS/c1-12(2,3)17-15-10-7-16-6-8-4-9(13)5-14-11(8)10/h4-5H,6-7H2,1-3H3. The lowest BCUT2D eigenvalue weighted by molar-refractivity contribution is 0.151. The fourth-order valence-corrected chi connectivity index (χ4v) is 2.34. The average molecular weight is 315 g/mol. The summed E-state index contributed by atoms with van der Waals surface area (Å²) in [5, 5.41) is 0. The predicted molar refractivity (Wildman–Crippen MR) is 75.5 cm³/mol. The Labute approximate surface area is 114 Å². The first kappa shape index (κ1) is 13.1. The molecule has 2 rings (SSSR count). The smallest absolute Gasteiger partial charge is 0.100 e. The van der Waals surface area contributed by atoms with Gasteiger partial charge in [-0.1, -0.05) is 0 Å². The van der Waals surface area contributed by atoms with Crippen LogP contribution in [0.25, 0.3) is 0 Å². The van der Waals surface area contributed by atoms with E-state index in [1.807, 2.05) is 6.07 Å². The van der Waals surface area contributed by atoms with Crippen molar-refractivity contribution in [2.24, 2.45) is 4.40 Å². The number of ether oxygens (including phenoxy) is 1. The molecule has 3 nitrogen and oxygen atoms in total. The molecule has 0 saturated heterocycles. The summed E-state index contributed by atoms with van der Waals surface area (Å²) in [6.07, 6.45) is 1.81. The van der Waals surface area contributed by atoms with Gasteiger partial charge in [0.15, 0.2) is 0 Å². The Hall–Kier alpha value is -0.390. The summed E-state index contributed by atoms with van der Waals surface area (Å²) in [7, 11) is 0. The van der Waals surface area contributed by atoms with E-state index in [0.29, 0.717) is 13.2 Å². The van der Waals surface area contributed by atoms with Crippen molar-refractivity contribution in [2.45, 2.75) is 32.1 Å². The molecular weight excluding hydrogens is 300 g/mol. The highest BCUT2D eigenvalue weighted by Gasteiger charge is 2.19. The number of hydrogen-bond acceptors (Lipinski definition) is 4. The van der Waals surface area contributed by atoms with Crippen LogP contribution in [0, 0.1) is 0 Å². The molecule has 0 amide bonds. The molecule has 5 heteroatoms. The van der Waals surface area contributed by atoms with Gasteiger partial charge in [-0.05, 0) is 54.7 Å². The molecule has 0 saturated carbocycles. The molecule has 0 atom stereocenters. The van der Waals surface area contributed by atoms with Gasteiger partial charge in [0, 0.05) is 21.0 Å². The van der Waals surface area contributed by atoms with Crippen LogP contribution in [0.15, 0.2) is 21.1 Å². The molecule has 2 heterocycles. The molecule has 0 radical (unpaired) electrons. The van der Waals surface area contributed by atoms with Gasteiger partial charge in [-0.3, -0.25) is 4.98 Å². The molecule has 1 aromatic heterocycles. The van der Waals surface area contributed by atoms with Crippen molar-refractivity contribution in [1.82, 2.24) is 4.98 Å². The van der Waals surface area contributed by atoms with Crippen molar-refractivity contribution in [3.05, 3.63) is 28.0 Å². The number of halogens is 1. The van der Waals surface area contributed by atoms with E-state index in [-0.39, 0.29) is 4.75 Å². The first-order valence-corrected chi connectivity index (χ1v) is 7.00. The number of aromatic nitrogens is 1. The van der Waals surface area contributed by atoms with Crippen LogP contribution in [-0.4, -0.2) is 22.0 Å². The van der Waals surface area contributed by atoms with Crippen LogP contribution in [0.3, 0.4) is 0 Å². The molecule has 0 aromatic carbocycles. The molecule has 92 valence electrons. The van der Waals surface area contributed by atoms with Crippen molar-refractivity contribution >= 4 is 33.6 Å². The summed E-state index contributed by atoms with van der Waals surface area (Å²) in [6.45, 7) is 7.58. The predicted octanol–water partition coefficient (Wildman–Crippen LogP) is 3.61. The van der Waals surface area contributed by atoms with Crippen molar-refractivity contribution < 1.29 is 4.74 Å². The molecule has 0 fully saturated rings. The van der Waals surface area contributed by atoms with Crippen LogP contribution in [-0.2, 0) is 11.3 Å². The normalized spacial score (nSPS) is 18.2. The van der Waals surface area contributed by atoms with Crippen LogP contribution in [0.2, 0.25) is 0 Å². The second kappa shape index (κ2) is 5.08. The highest BCUT2D eigenvalue weighted by molar-refractivity contribution is 9.10. The van der Waals surface area contributed by atoms with Crippen LogP contribution in [0.4, 0.5) is 0 Å². The van der Waals surface area contributed by atoms with E-state index in [1.54, 1.807) is 18.1 Å². The SMILES string of the molecule is CC(C)(C)SN=C1COCc2cc(Br)cnc21. The molecule has 0 N–H and O–H groups in total. The summed E-state index contributed by atoms with van der Waals surface area (Å²) < 4.78 is 11.2. The second-order valence-electron chi connectivity index (χ2n) is 4.90.